The van der Waals surface area contributed by atoms with Crippen LogP contribution in [0.25, 0.3) is 0 Å². The van der Waals surface area contributed by atoms with E-state index >= 15 is 0 Å². The molecule has 2 aromatic rings. The molecule has 1 saturated heterocycles. The monoisotopic (exact) mass is 313 g/mol. The summed E-state index contributed by atoms with van der Waals surface area (Å²) in [6.45, 7) is 2.63. The van der Waals surface area contributed by atoms with Crippen LogP contribution in [-0.2, 0) is 11.3 Å². The van der Waals surface area contributed by atoms with Crippen molar-refractivity contribution >= 4 is 17.7 Å². The van der Waals surface area contributed by atoms with Crippen molar-refractivity contribution in [2.24, 2.45) is 0 Å². The first-order chi connectivity index (χ1) is 10.7. The number of aromatic nitrogens is 1. The van der Waals surface area contributed by atoms with Crippen molar-refractivity contribution in [2.75, 3.05) is 5.75 Å². The van der Waals surface area contributed by atoms with Crippen molar-refractivity contribution in [3.63, 3.8) is 0 Å². The topological polar surface area (TPSA) is 54.0 Å². The van der Waals surface area contributed by atoms with Crippen LogP contribution >= 0.6 is 11.8 Å². The summed E-state index contributed by atoms with van der Waals surface area (Å²) < 4.78 is 0. The molecule has 0 aliphatic carbocycles. The zero-order valence-electron chi connectivity index (χ0n) is 12.5. The Hall–Kier alpha value is -1.85. The molecule has 1 amide bonds. The normalized spacial score (nSPS) is 20.8. The second kappa shape index (κ2) is 6.94. The number of amides is 1. The van der Waals surface area contributed by atoms with Gasteiger partial charge in [0.05, 0.1) is 11.4 Å². The minimum atomic E-state index is -0.152. The highest BCUT2D eigenvalue weighted by Crippen LogP contribution is 2.32. The Morgan fingerprint density at radius 3 is 2.91 bits per heavy atom. The lowest BCUT2D eigenvalue weighted by Crippen LogP contribution is -2.42. The molecule has 1 aromatic heterocycles. The maximum absolute atomic E-state index is 12.3. The Kier molecular flexibility index (Phi) is 4.75. The summed E-state index contributed by atoms with van der Waals surface area (Å²) in [5.74, 6) is 0.832. The second-order valence-electron chi connectivity index (χ2n) is 5.42. The lowest BCUT2D eigenvalue weighted by molar-refractivity contribution is -0.122. The summed E-state index contributed by atoms with van der Waals surface area (Å²) >= 11 is 1.74. The van der Waals surface area contributed by atoms with Crippen LogP contribution in [-0.4, -0.2) is 22.7 Å². The molecule has 2 atom stereocenters. The highest BCUT2D eigenvalue weighted by molar-refractivity contribution is 7.99. The van der Waals surface area contributed by atoms with Crippen LogP contribution in [0.4, 0.5) is 0 Å². The van der Waals surface area contributed by atoms with E-state index in [2.05, 4.69) is 34.7 Å². The molecule has 114 valence electrons. The van der Waals surface area contributed by atoms with Gasteiger partial charge in [0.15, 0.2) is 0 Å². The predicted molar refractivity (Wildman–Crippen MR) is 89.4 cm³/mol. The molecule has 1 aromatic carbocycles. The molecule has 1 aliphatic heterocycles. The zero-order chi connectivity index (χ0) is 15.4. The number of carbonyl (C=O) groups excluding carboxylic acids is 1. The van der Waals surface area contributed by atoms with Gasteiger partial charge in [-0.05, 0) is 24.1 Å². The number of rotatable bonds is 4. The third-order valence-electron chi connectivity index (χ3n) is 3.67. The zero-order valence-corrected chi connectivity index (χ0v) is 13.3. The van der Waals surface area contributed by atoms with Crippen LogP contribution in [0.15, 0.2) is 48.8 Å². The van der Waals surface area contributed by atoms with Gasteiger partial charge in [-0.3, -0.25) is 15.1 Å². The van der Waals surface area contributed by atoms with Gasteiger partial charge in [0.1, 0.15) is 0 Å². The van der Waals surface area contributed by atoms with Gasteiger partial charge < -0.3 is 5.32 Å². The van der Waals surface area contributed by atoms with E-state index in [4.69, 9.17) is 0 Å². The Bertz CT molecular complexity index is 630. The third kappa shape index (κ3) is 3.67. The van der Waals surface area contributed by atoms with Crippen molar-refractivity contribution in [3.8, 4) is 0 Å². The SMILES string of the molecule is Cc1ccc(CNC(=O)C2CSC(c3cccnc3)N2)cc1. The lowest BCUT2D eigenvalue weighted by atomic mass is 10.1. The largest absolute Gasteiger partial charge is 0.351 e. The number of nitrogens with zero attached hydrogens (tertiary/aromatic N) is 1. The number of carbonyl (C=O) groups is 1. The molecule has 2 unspecified atom stereocenters. The summed E-state index contributed by atoms with van der Waals surface area (Å²) in [5, 5.41) is 6.51. The molecule has 3 rings (SSSR count). The second-order valence-corrected chi connectivity index (χ2v) is 6.56. The summed E-state index contributed by atoms with van der Waals surface area (Å²) in [5.41, 5.74) is 3.46. The Morgan fingerprint density at radius 2 is 2.18 bits per heavy atom. The summed E-state index contributed by atoms with van der Waals surface area (Å²) in [4.78, 5) is 16.4. The van der Waals surface area contributed by atoms with Gasteiger partial charge in [-0.15, -0.1) is 11.8 Å². The van der Waals surface area contributed by atoms with E-state index in [9.17, 15) is 4.79 Å². The van der Waals surface area contributed by atoms with Gasteiger partial charge in [0, 0.05) is 24.7 Å². The molecule has 1 fully saturated rings. The molecular weight excluding hydrogens is 294 g/mol. The van der Waals surface area contributed by atoms with Crippen LogP contribution in [0.1, 0.15) is 22.1 Å². The number of aryl methyl sites for hydroxylation is 1. The summed E-state index contributed by atoms with van der Waals surface area (Å²) in [6.07, 6.45) is 3.60. The van der Waals surface area contributed by atoms with Crippen LogP contribution in [0.2, 0.25) is 0 Å². The van der Waals surface area contributed by atoms with Crippen molar-refractivity contribution in [1.29, 1.82) is 0 Å². The molecule has 0 spiro atoms. The molecule has 4 nitrogen and oxygen atoms in total. The number of nitrogens with one attached hydrogen (secondary N) is 2. The van der Waals surface area contributed by atoms with Crippen molar-refractivity contribution in [2.45, 2.75) is 24.9 Å². The Labute approximate surface area is 134 Å². The number of thioether (sulfide) groups is 1. The first-order valence-corrected chi connectivity index (χ1v) is 8.38. The van der Waals surface area contributed by atoms with Crippen molar-refractivity contribution in [3.05, 3.63) is 65.5 Å². The van der Waals surface area contributed by atoms with E-state index in [1.54, 1.807) is 18.0 Å². The number of pyridine rings is 1. The van der Waals surface area contributed by atoms with Crippen LogP contribution in [0, 0.1) is 6.92 Å². The van der Waals surface area contributed by atoms with E-state index in [1.807, 2.05) is 30.5 Å². The molecule has 2 N–H and O–H groups in total. The van der Waals surface area contributed by atoms with Crippen LogP contribution in [0.3, 0.4) is 0 Å². The third-order valence-corrected chi connectivity index (χ3v) is 4.94. The van der Waals surface area contributed by atoms with E-state index < -0.39 is 0 Å². The van der Waals surface area contributed by atoms with E-state index in [-0.39, 0.29) is 17.3 Å². The fourth-order valence-electron chi connectivity index (χ4n) is 2.36. The summed E-state index contributed by atoms with van der Waals surface area (Å²) in [7, 11) is 0. The van der Waals surface area contributed by atoms with Crippen LogP contribution in [0.5, 0.6) is 0 Å². The van der Waals surface area contributed by atoms with Gasteiger partial charge in [-0.25, -0.2) is 0 Å². The van der Waals surface area contributed by atoms with Gasteiger partial charge in [0.25, 0.3) is 0 Å². The molecule has 5 heteroatoms. The molecule has 22 heavy (non-hydrogen) atoms. The number of benzene rings is 1. The molecule has 0 radical (unpaired) electrons. The fourth-order valence-corrected chi connectivity index (χ4v) is 3.59. The summed E-state index contributed by atoms with van der Waals surface area (Å²) in [6, 6.07) is 12.0. The maximum atomic E-state index is 12.3. The maximum Gasteiger partial charge on any atom is 0.238 e. The molecule has 1 aliphatic rings. The molecular formula is C17H19N3OS. The van der Waals surface area contributed by atoms with Crippen LogP contribution < -0.4 is 10.6 Å². The minimum absolute atomic E-state index is 0.0551. The Balaban J connectivity index is 1.52. The fraction of sp³-hybridized carbons (Fsp3) is 0.294. The highest BCUT2D eigenvalue weighted by Gasteiger charge is 2.30. The van der Waals surface area contributed by atoms with Gasteiger partial charge in [0.2, 0.25) is 5.91 Å². The van der Waals surface area contributed by atoms with Gasteiger partial charge in [-0.2, -0.15) is 0 Å². The first kappa shape index (κ1) is 15.1. The number of hydrogen-bond donors (Lipinski definition) is 2. The average molecular weight is 313 g/mol. The molecule has 0 bridgehead atoms. The van der Waals surface area contributed by atoms with E-state index in [0.717, 1.165) is 16.9 Å². The molecule has 0 saturated carbocycles. The first-order valence-electron chi connectivity index (χ1n) is 7.33. The van der Waals surface area contributed by atoms with Crippen molar-refractivity contribution < 1.29 is 4.79 Å². The molecule has 2 heterocycles. The Morgan fingerprint density at radius 1 is 1.36 bits per heavy atom. The van der Waals surface area contributed by atoms with Gasteiger partial charge >= 0.3 is 0 Å². The lowest BCUT2D eigenvalue weighted by Gasteiger charge is -2.13. The van der Waals surface area contributed by atoms with E-state index in [1.165, 1.54) is 5.56 Å². The predicted octanol–water partition coefficient (Wildman–Crippen LogP) is 2.41. The average Bonchev–Trinajstić information content (AvgIpc) is 3.05. The quantitative estimate of drug-likeness (QED) is 0.910. The standard InChI is InChI=1S/C17H19N3OS/c1-12-4-6-13(7-5-12)9-19-16(21)15-11-22-17(20-15)14-3-2-8-18-10-14/h2-8,10,15,17,20H,9,11H2,1H3,(H,19,21). The van der Waals surface area contributed by atoms with E-state index in [0.29, 0.717) is 6.54 Å². The van der Waals surface area contributed by atoms with Gasteiger partial charge in [-0.1, -0.05) is 35.9 Å². The highest BCUT2D eigenvalue weighted by atomic mass is 32.2. The minimum Gasteiger partial charge on any atom is -0.351 e. The number of hydrogen-bond acceptors (Lipinski definition) is 4. The van der Waals surface area contributed by atoms with Crippen molar-refractivity contribution in [1.82, 2.24) is 15.6 Å². The smallest absolute Gasteiger partial charge is 0.238 e.